The molecule has 0 radical (unpaired) electrons. The second kappa shape index (κ2) is 7.40. The Kier molecular flexibility index (Phi) is 5.30. The van der Waals surface area contributed by atoms with E-state index in [0.29, 0.717) is 12.4 Å². The highest BCUT2D eigenvalue weighted by atomic mass is 16.5. The standard InChI is InChI=1S/C16H20N4O2/c1-12(14-8-4-5-9-17-14)20(2)16(21)19-11-13-7-6-10-18-15(13)22-3/h4-10,12H,11H2,1-3H3,(H,19,21). The largest absolute Gasteiger partial charge is 0.481 e. The summed E-state index contributed by atoms with van der Waals surface area (Å²) in [6.45, 7) is 2.29. The van der Waals surface area contributed by atoms with Crippen LogP contribution in [0.2, 0.25) is 0 Å². The van der Waals surface area contributed by atoms with Crippen molar-refractivity contribution in [1.82, 2.24) is 20.2 Å². The highest BCUT2D eigenvalue weighted by Gasteiger charge is 2.18. The quantitative estimate of drug-likeness (QED) is 0.920. The highest BCUT2D eigenvalue weighted by Crippen LogP contribution is 2.17. The Morgan fingerprint density at radius 1 is 1.27 bits per heavy atom. The zero-order chi connectivity index (χ0) is 15.9. The second-order valence-electron chi connectivity index (χ2n) is 4.87. The Bertz CT molecular complexity index is 619. The summed E-state index contributed by atoms with van der Waals surface area (Å²) in [4.78, 5) is 22.3. The molecule has 0 aliphatic carbocycles. The molecule has 0 aliphatic rings. The van der Waals surface area contributed by atoms with Gasteiger partial charge in [0.2, 0.25) is 5.88 Å². The Balaban J connectivity index is 1.97. The lowest BCUT2D eigenvalue weighted by Crippen LogP contribution is -2.38. The van der Waals surface area contributed by atoms with Crippen LogP contribution in [-0.2, 0) is 6.54 Å². The van der Waals surface area contributed by atoms with Crippen LogP contribution in [0.4, 0.5) is 4.79 Å². The number of nitrogens with one attached hydrogen (secondary N) is 1. The van der Waals surface area contributed by atoms with Crippen molar-refractivity contribution < 1.29 is 9.53 Å². The lowest BCUT2D eigenvalue weighted by molar-refractivity contribution is 0.193. The third-order valence-electron chi connectivity index (χ3n) is 3.49. The molecule has 2 amide bonds. The Morgan fingerprint density at radius 2 is 2.05 bits per heavy atom. The van der Waals surface area contributed by atoms with E-state index >= 15 is 0 Å². The van der Waals surface area contributed by atoms with Crippen LogP contribution in [0, 0.1) is 0 Å². The van der Waals surface area contributed by atoms with Crippen molar-refractivity contribution in [3.05, 3.63) is 54.0 Å². The minimum atomic E-state index is -0.177. The number of hydrogen-bond acceptors (Lipinski definition) is 4. The van der Waals surface area contributed by atoms with Gasteiger partial charge in [-0.05, 0) is 25.1 Å². The molecular formula is C16H20N4O2. The van der Waals surface area contributed by atoms with Crippen LogP contribution in [0.25, 0.3) is 0 Å². The van der Waals surface area contributed by atoms with Crippen LogP contribution in [0.3, 0.4) is 0 Å². The van der Waals surface area contributed by atoms with Crippen molar-refractivity contribution in [2.45, 2.75) is 19.5 Å². The molecule has 0 aromatic carbocycles. The molecule has 0 saturated heterocycles. The van der Waals surface area contributed by atoms with Crippen LogP contribution in [-0.4, -0.2) is 35.1 Å². The number of urea groups is 1. The summed E-state index contributed by atoms with van der Waals surface area (Å²) in [5.41, 5.74) is 1.68. The van der Waals surface area contributed by atoms with Gasteiger partial charge in [-0.2, -0.15) is 0 Å². The normalized spacial score (nSPS) is 11.6. The van der Waals surface area contributed by atoms with Crippen molar-refractivity contribution in [2.75, 3.05) is 14.2 Å². The number of hydrogen-bond donors (Lipinski definition) is 1. The van der Waals surface area contributed by atoms with E-state index in [-0.39, 0.29) is 12.1 Å². The monoisotopic (exact) mass is 300 g/mol. The number of carbonyl (C=O) groups is 1. The smallest absolute Gasteiger partial charge is 0.317 e. The summed E-state index contributed by atoms with van der Waals surface area (Å²) in [5.74, 6) is 0.517. The first kappa shape index (κ1) is 15.8. The van der Waals surface area contributed by atoms with E-state index in [1.165, 1.54) is 0 Å². The fourth-order valence-electron chi connectivity index (χ4n) is 2.04. The fourth-order valence-corrected chi connectivity index (χ4v) is 2.04. The first-order valence-corrected chi connectivity index (χ1v) is 7.03. The fraction of sp³-hybridized carbons (Fsp3) is 0.312. The molecule has 6 heteroatoms. The summed E-state index contributed by atoms with van der Waals surface area (Å²) in [6.07, 6.45) is 3.37. The molecule has 0 spiro atoms. The number of rotatable bonds is 5. The van der Waals surface area contributed by atoms with E-state index in [0.717, 1.165) is 11.3 Å². The van der Waals surface area contributed by atoms with Crippen molar-refractivity contribution in [3.63, 3.8) is 0 Å². The van der Waals surface area contributed by atoms with Crippen LogP contribution < -0.4 is 10.1 Å². The van der Waals surface area contributed by atoms with Crippen LogP contribution in [0.1, 0.15) is 24.2 Å². The molecule has 6 nitrogen and oxygen atoms in total. The molecular weight excluding hydrogens is 280 g/mol. The van der Waals surface area contributed by atoms with Gasteiger partial charge in [0.15, 0.2) is 0 Å². The van der Waals surface area contributed by atoms with Crippen molar-refractivity contribution in [2.24, 2.45) is 0 Å². The van der Waals surface area contributed by atoms with E-state index in [2.05, 4.69) is 15.3 Å². The van der Waals surface area contributed by atoms with Crippen LogP contribution >= 0.6 is 0 Å². The number of aromatic nitrogens is 2. The Morgan fingerprint density at radius 3 is 2.73 bits per heavy atom. The molecule has 116 valence electrons. The summed E-state index contributed by atoms with van der Waals surface area (Å²) in [6, 6.07) is 9.05. The molecule has 0 saturated carbocycles. The topological polar surface area (TPSA) is 67.3 Å². The predicted molar refractivity (Wildman–Crippen MR) is 83.4 cm³/mol. The van der Waals surface area contributed by atoms with Gasteiger partial charge < -0.3 is 15.0 Å². The third-order valence-corrected chi connectivity index (χ3v) is 3.49. The maximum Gasteiger partial charge on any atom is 0.317 e. The minimum Gasteiger partial charge on any atom is -0.481 e. The average Bonchev–Trinajstić information content (AvgIpc) is 2.59. The molecule has 2 aromatic rings. The summed E-state index contributed by atoms with van der Waals surface area (Å²) >= 11 is 0. The first-order valence-electron chi connectivity index (χ1n) is 7.03. The molecule has 0 bridgehead atoms. The second-order valence-corrected chi connectivity index (χ2v) is 4.87. The van der Waals surface area contributed by atoms with Gasteiger partial charge in [-0.3, -0.25) is 4.98 Å². The number of carbonyl (C=O) groups excluding carboxylic acids is 1. The van der Waals surface area contributed by atoms with E-state index in [1.54, 1.807) is 31.5 Å². The SMILES string of the molecule is COc1ncccc1CNC(=O)N(C)C(C)c1ccccn1. The van der Waals surface area contributed by atoms with E-state index in [1.807, 2.05) is 37.3 Å². The molecule has 2 aromatic heterocycles. The minimum absolute atomic E-state index is 0.114. The van der Waals surface area contributed by atoms with Gasteiger partial charge >= 0.3 is 6.03 Å². The van der Waals surface area contributed by atoms with Gasteiger partial charge in [0.25, 0.3) is 0 Å². The molecule has 0 aliphatic heterocycles. The zero-order valence-corrected chi connectivity index (χ0v) is 13.0. The van der Waals surface area contributed by atoms with E-state index < -0.39 is 0 Å². The third kappa shape index (κ3) is 3.72. The van der Waals surface area contributed by atoms with Crippen LogP contribution in [0.5, 0.6) is 5.88 Å². The van der Waals surface area contributed by atoms with Gasteiger partial charge in [-0.15, -0.1) is 0 Å². The number of methoxy groups -OCH3 is 1. The molecule has 2 rings (SSSR count). The van der Waals surface area contributed by atoms with Gasteiger partial charge in [0.1, 0.15) is 0 Å². The van der Waals surface area contributed by atoms with E-state index in [9.17, 15) is 4.79 Å². The number of nitrogens with zero attached hydrogens (tertiary/aromatic N) is 3. The van der Waals surface area contributed by atoms with Crippen LogP contribution in [0.15, 0.2) is 42.7 Å². The summed E-state index contributed by atoms with van der Waals surface area (Å²) in [5, 5.41) is 2.86. The number of ether oxygens (including phenoxy) is 1. The molecule has 1 unspecified atom stereocenters. The molecule has 0 fully saturated rings. The first-order chi connectivity index (χ1) is 10.6. The lowest BCUT2D eigenvalue weighted by atomic mass is 10.2. The lowest BCUT2D eigenvalue weighted by Gasteiger charge is -2.24. The van der Waals surface area contributed by atoms with Gasteiger partial charge in [0.05, 0.1) is 18.8 Å². The molecule has 1 atom stereocenters. The Hall–Kier alpha value is -2.63. The zero-order valence-electron chi connectivity index (χ0n) is 13.0. The van der Waals surface area contributed by atoms with Crippen molar-refractivity contribution >= 4 is 6.03 Å². The van der Waals surface area contributed by atoms with Gasteiger partial charge in [-0.25, -0.2) is 9.78 Å². The Labute approximate surface area is 130 Å². The molecule has 1 N–H and O–H groups in total. The number of pyridine rings is 2. The van der Waals surface area contributed by atoms with Crippen molar-refractivity contribution in [3.8, 4) is 5.88 Å². The predicted octanol–water partition coefficient (Wildman–Crippen LogP) is 2.39. The van der Waals surface area contributed by atoms with E-state index in [4.69, 9.17) is 4.74 Å². The molecule has 2 heterocycles. The number of amides is 2. The summed E-state index contributed by atoms with van der Waals surface area (Å²) < 4.78 is 5.17. The van der Waals surface area contributed by atoms with Gasteiger partial charge in [0, 0.05) is 31.5 Å². The maximum absolute atomic E-state index is 12.3. The van der Waals surface area contributed by atoms with Gasteiger partial charge in [-0.1, -0.05) is 12.1 Å². The van der Waals surface area contributed by atoms with Crippen molar-refractivity contribution in [1.29, 1.82) is 0 Å². The average molecular weight is 300 g/mol. The highest BCUT2D eigenvalue weighted by molar-refractivity contribution is 5.74. The summed E-state index contributed by atoms with van der Waals surface area (Å²) in [7, 11) is 3.30. The molecule has 22 heavy (non-hydrogen) atoms. The maximum atomic E-state index is 12.3.